The van der Waals surface area contributed by atoms with Crippen LogP contribution < -0.4 is 4.74 Å². The molecule has 0 radical (unpaired) electrons. The van der Waals surface area contributed by atoms with E-state index in [1.807, 2.05) is 48.0 Å². The van der Waals surface area contributed by atoms with Gasteiger partial charge in [-0.25, -0.2) is 9.67 Å². The average molecular weight is 346 g/mol. The van der Waals surface area contributed by atoms with Gasteiger partial charge in [0.1, 0.15) is 11.4 Å². The average Bonchev–Trinajstić information content (AvgIpc) is 3.34. The maximum atomic E-state index is 5.20. The first kappa shape index (κ1) is 16.0. The number of rotatable bonds is 5. The van der Waals surface area contributed by atoms with E-state index in [0.717, 1.165) is 39.7 Å². The van der Waals surface area contributed by atoms with E-state index in [-0.39, 0.29) is 0 Å². The van der Waals surface area contributed by atoms with Crippen molar-refractivity contribution < 1.29 is 4.74 Å². The van der Waals surface area contributed by atoms with Crippen molar-refractivity contribution in [1.29, 1.82) is 0 Å². The summed E-state index contributed by atoms with van der Waals surface area (Å²) in [6.07, 6.45) is 5.16. The second-order valence-corrected chi connectivity index (χ2v) is 5.92. The standard InChI is InChI=1S/C19H18N6O/c1-13-19(15-7-8-21-17(9-15)18-10-20-12-22-18)23-24-25(13)11-14-3-5-16(26-2)6-4-14/h3-10,12H,11H2,1-2H3,(H,20,22). The van der Waals surface area contributed by atoms with Gasteiger partial charge in [-0.05, 0) is 36.8 Å². The molecule has 0 bridgehead atoms. The topological polar surface area (TPSA) is 81.5 Å². The summed E-state index contributed by atoms with van der Waals surface area (Å²) in [5, 5.41) is 8.69. The summed E-state index contributed by atoms with van der Waals surface area (Å²) < 4.78 is 7.10. The second-order valence-electron chi connectivity index (χ2n) is 5.92. The van der Waals surface area contributed by atoms with Crippen LogP contribution in [0.15, 0.2) is 55.1 Å². The fourth-order valence-corrected chi connectivity index (χ4v) is 2.80. The van der Waals surface area contributed by atoms with Crippen LogP contribution in [0, 0.1) is 6.92 Å². The zero-order chi connectivity index (χ0) is 17.9. The number of pyridine rings is 1. The molecule has 1 N–H and O–H groups in total. The highest BCUT2D eigenvalue weighted by Gasteiger charge is 2.13. The Morgan fingerprint density at radius 2 is 2.00 bits per heavy atom. The number of aromatic amines is 1. The van der Waals surface area contributed by atoms with E-state index >= 15 is 0 Å². The van der Waals surface area contributed by atoms with Crippen LogP contribution >= 0.6 is 0 Å². The number of benzene rings is 1. The van der Waals surface area contributed by atoms with Gasteiger partial charge in [-0.1, -0.05) is 17.3 Å². The Morgan fingerprint density at radius 1 is 1.15 bits per heavy atom. The summed E-state index contributed by atoms with van der Waals surface area (Å²) in [7, 11) is 1.66. The van der Waals surface area contributed by atoms with Gasteiger partial charge in [-0.3, -0.25) is 4.98 Å². The van der Waals surface area contributed by atoms with Gasteiger partial charge in [-0.2, -0.15) is 0 Å². The molecule has 4 aromatic rings. The van der Waals surface area contributed by atoms with Gasteiger partial charge in [0.05, 0.1) is 43.3 Å². The molecule has 0 aliphatic carbocycles. The van der Waals surface area contributed by atoms with Crippen LogP contribution in [-0.2, 0) is 6.54 Å². The number of aromatic nitrogens is 6. The van der Waals surface area contributed by atoms with Crippen LogP contribution in [0.4, 0.5) is 0 Å². The SMILES string of the molecule is COc1ccc(Cn2nnc(-c3ccnc(-c4cnc[nH]4)c3)c2C)cc1. The van der Waals surface area contributed by atoms with Crippen LogP contribution in [0.1, 0.15) is 11.3 Å². The molecule has 3 heterocycles. The lowest BCUT2D eigenvalue weighted by Gasteiger charge is -2.06. The number of ether oxygens (including phenoxy) is 1. The van der Waals surface area contributed by atoms with E-state index in [1.54, 1.807) is 25.8 Å². The van der Waals surface area contributed by atoms with Crippen LogP contribution in [-0.4, -0.2) is 37.1 Å². The summed E-state index contributed by atoms with van der Waals surface area (Å²) in [4.78, 5) is 11.5. The Morgan fingerprint density at radius 3 is 2.73 bits per heavy atom. The van der Waals surface area contributed by atoms with Gasteiger partial charge in [-0.15, -0.1) is 5.10 Å². The molecule has 3 aromatic heterocycles. The van der Waals surface area contributed by atoms with Crippen LogP contribution in [0.3, 0.4) is 0 Å². The van der Waals surface area contributed by atoms with Gasteiger partial charge in [0.25, 0.3) is 0 Å². The highest BCUT2D eigenvalue weighted by Crippen LogP contribution is 2.24. The number of H-pyrrole nitrogens is 1. The molecule has 7 heteroatoms. The summed E-state index contributed by atoms with van der Waals surface area (Å²) in [5.74, 6) is 0.841. The number of hydrogen-bond donors (Lipinski definition) is 1. The Balaban J connectivity index is 1.62. The molecule has 4 rings (SSSR count). The molecule has 0 unspecified atom stereocenters. The van der Waals surface area contributed by atoms with Crippen molar-refractivity contribution in [2.45, 2.75) is 13.5 Å². The Kier molecular flexibility index (Phi) is 4.18. The van der Waals surface area contributed by atoms with Crippen LogP contribution in [0.25, 0.3) is 22.6 Å². The second kappa shape index (κ2) is 6.79. The van der Waals surface area contributed by atoms with E-state index in [0.29, 0.717) is 6.54 Å². The van der Waals surface area contributed by atoms with Crippen molar-refractivity contribution >= 4 is 0 Å². The normalized spacial score (nSPS) is 10.8. The predicted molar refractivity (Wildman–Crippen MR) is 97.7 cm³/mol. The Bertz CT molecular complexity index is 1000. The van der Waals surface area contributed by atoms with E-state index in [2.05, 4.69) is 25.3 Å². The molecule has 0 fully saturated rings. The van der Waals surface area contributed by atoms with Crippen molar-refractivity contribution in [3.63, 3.8) is 0 Å². The van der Waals surface area contributed by atoms with E-state index in [1.165, 1.54) is 0 Å². The molecule has 0 aliphatic rings. The molecule has 130 valence electrons. The molecule has 7 nitrogen and oxygen atoms in total. The fraction of sp³-hybridized carbons (Fsp3) is 0.158. The molecular weight excluding hydrogens is 328 g/mol. The van der Waals surface area contributed by atoms with Gasteiger partial charge >= 0.3 is 0 Å². The lowest BCUT2D eigenvalue weighted by molar-refractivity contribution is 0.414. The first-order valence-electron chi connectivity index (χ1n) is 8.23. The summed E-state index contributed by atoms with van der Waals surface area (Å²) >= 11 is 0. The van der Waals surface area contributed by atoms with Crippen molar-refractivity contribution in [2.75, 3.05) is 7.11 Å². The molecule has 0 saturated carbocycles. The molecule has 1 aromatic carbocycles. The van der Waals surface area contributed by atoms with Crippen LogP contribution in [0.2, 0.25) is 0 Å². The highest BCUT2D eigenvalue weighted by molar-refractivity contribution is 5.67. The lowest BCUT2D eigenvalue weighted by atomic mass is 10.1. The quantitative estimate of drug-likeness (QED) is 0.600. The fourth-order valence-electron chi connectivity index (χ4n) is 2.80. The van der Waals surface area contributed by atoms with Crippen molar-refractivity contribution in [1.82, 2.24) is 29.9 Å². The summed E-state index contributed by atoms with van der Waals surface area (Å²) in [6, 6.07) is 11.9. The minimum atomic E-state index is 0.654. The van der Waals surface area contributed by atoms with Crippen molar-refractivity contribution in [2.24, 2.45) is 0 Å². The zero-order valence-corrected chi connectivity index (χ0v) is 14.5. The van der Waals surface area contributed by atoms with Crippen molar-refractivity contribution in [3.05, 3.63) is 66.4 Å². The third kappa shape index (κ3) is 3.06. The maximum Gasteiger partial charge on any atom is 0.118 e. The third-order valence-corrected chi connectivity index (χ3v) is 4.28. The molecule has 0 spiro atoms. The Hall–Kier alpha value is -3.48. The number of nitrogens with one attached hydrogen (secondary N) is 1. The maximum absolute atomic E-state index is 5.20. The minimum Gasteiger partial charge on any atom is -0.497 e. The predicted octanol–water partition coefficient (Wildman–Crippen LogP) is 3.10. The van der Waals surface area contributed by atoms with Gasteiger partial charge in [0.2, 0.25) is 0 Å². The molecule has 0 atom stereocenters. The lowest BCUT2D eigenvalue weighted by Crippen LogP contribution is -2.04. The number of imidazole rings is 1. The zero-order valence-electron chi connectivity index (χ0n) is 14.5. The molecule has 0 saturated heterocycles. The number of nitrogens with zero attached hydrogens (tertiary/aromatic N) is 5. The van der Waals surface area contributed by atoms with E-state index in [4.69, 9.17) is 4.74 Å². The van der Waals surface area contributed by atoms with Crippen molar-refractivity contribution in [3.8, 4) is 28.4 Å². The van der Waals surface area contributed by atoms with Gasteiger partial charge in [0.15, 0.2) is 0 Å². The first-order chi connectivity index (χ1) is 12.7. The largest absolute Gasteiger partial charge is 0.497 e. The highest BCUT2D eigenvalue weighted by atomic mass is 16.5. The van der Waals surface area contributed by atoms with E-state index < -0.39 is 0 Å². The number of methoxy groups -OCH3 is 1. The monoisotopic (exact) mass is 346 g/mol. The molecule has 0 amide bonds. The molecule has 0 aliphatic heterocycles. The van der Waals surface area contributed by atoms with Gasteiger partial charge in [0, 0.05) is 11.8 Å². The summed E-state index contributed by atoms with van der Waals surface area (Å²) in [6.45, 7) is 2.68. The Labute approximate surface area is 150 Å². The summed E-state index contributed by atoms with van der Waals surface area (Å²) in [5.41, 5.74) is 5.66. The minimum absolute atomic E-state index is 0.654. The third-order valence-electron chi connectivity index (χ3n) is 4.28. The number of hydrogen-bond acceptors (Lipinski definition) is 5. The van der Waals surface area contributed by atoms with Gasteiger partial charge < -0.3 is 9.72 Å². The van der Waals surface area contributed by atoms with Crippen LogP contribution in [0.5, 0.6) is 5.75 Å². The molecular formula is C19H18N6O. The smallest absolute Gasteiger partial charge is 0.118 e. The molecule has 26 heavy (non-hydrogen) atoms. The first-order valence-corrected chi connectivity index (χ1v) is 8.23. The van der Waals surface area contributed by atoms with E-state index in [9.17, 15) is 0 Å².